The lowest BCUT2D eigenvalue weighted by Crippen LogP contribution is -2.35. The van der Waals surface area contributed by atoms with Gasteiger partial charge in [0.05, 0.1) is 17.6 Å². The summed E-state index contributed by atoms with van der Waals surface area (Å²) in [5.74, 6) is -0.330. The fourth-order valence-electron chi connectivity index (χ4n) is 4.06. The van der Waals surface area contributed by atoms with Crippen LogP contribution in [-0.2, 0) is 22.4 Å². The Bertz CT molecular complexity index is 1050. The average molecular weight is 519 g/mol. The summed E-state index contributed by atoms with van der Waals surface area (Å²) in [5, 5.41) is 21.0. The van der Waals surface area contributed by atoms with E-state index in [2.05, 4.69) is 0 Å². The molecule has 0 heterocycles. The van der Waals surface area contributed by atoms with E-state index in [0.29, 0.717) is 18.4 Å². The van der Waals surface area contributed by atoms with E-state index in [1.165, 1.54) is 6.92 Å². The summed E-state index contributed by atoms with van der Waals surface area (Å²) in [6, 6.07) is 28.1. The molecule has 2 atom stereocenters. The summed E-state index contributed by atoms with van der Waals surface area (Å²) >= 11 is 0. The third kappa shape index (κ3) is 13.8. The van der Waals surface area contributed by atoms with Gasteiger partial charge in [-0.15, -0.1) is 0 Å². The molecule has 0 fully saturated rings. The van der Waals surface area contributed by atoms with Crippen LogP contribution in [0.2, 0.25) is 0 Å². The van der Waals surface area contributed by atoms with Gasteiger partial charge in [0, 0.05) is 31.2 Å². The second kappa shape index (κ2) is 16.4. The Kier molecular flexibility index (Phi) is 14.1. The number of carbonyl (C=O) groups excluding carboxylic acids is 3. The molecule has 0 aliphatic heterocycles. The van der Waals surface area contributed by atoms with Gasteiger partial charge in [-0.05, 0) is 31.9 Å². The molecule has 0 aliphatic carbocycles. The zero-order valence-electron chi connectivity index (χ0n) is 23.3. The minimum Gasteiger partial charge on any atom is -0.389 e. The summed E-state index contributed by atoms with van der Waals surface area (Å²) in [6.45, 7) is 8.76. The van der Waals surface area contributed by atoms with Crippen molar-refractivity contribution in [1.29, 1.82) is 0 Å². The Morgan fingerprint density at radius 1 is 0.632 bits per heavy atom. The van der Waals surface area contributed by atoms with Gasteiger partial charge in [-0.3, -0.25) is 14.4 Å². The zero-order valence-corrected chi connectivity index (χ0v) is 23.3. The number of hydrogen-bond acceptors (Lipinski definition) is 5. The van der Waals surface area contributed by atoms with Crippen LogP contribution in [-0.4, -0.2) is 38.8 Å². The SMILES string of the molecule is CC.CC(=O)CC(=O)c1ccccc1.CC(O)(CC(=O)CC(C)(O)Cc1ccccc1)Cc1ccccc1. The predicted molar refractivity (Wildman–Crippen MR) is 153 cm³/mol. The van der Waals surface area contributed by atoms with Crippen molar-refractivity contribution in [3.8, 4) is 0 Å². The van der Waals surface area contributed by atoms with Crippen LogP contribution in [0.1, 0.15) is 75.4 Å². The van der Waals surface area contributed by atoms with Crippen molar-refractivity contribution < 1.29 is 24.6 Å². The first-order chi connectivity index (χ1) is 18.0. The fourth-order valence-corrected chi connectivity index (χ4v) is 4.06. The highest BCUT2D eigenvalue weighted by molar-refractivity contribution is 6.07. The molecule has 0 bridgehead atoms. The van der Waals surface area contributed by atoms with Gasteiger partial charge in [-0.25, -0.2) is 0 Å². The van der Waals surface area contributed by atoms with Gasteiger partial charge in [-0.2, -0.15) is 0 Å². The molecule has 0 amide bonds. The van der Waals surface area contributed by atoms with E-state index in [0.717, 1.165) is 11.1 Å². The number of hydrogen-bond donors (Lipinski definition) is 2. The van der Waals surface area contributed by atoms with Gasteiger partial charge < -0.3 is 10.2 Å². The smallest absolute Gasteiger partial charge is 0.170 e. The topological polar surface area (TPSA) is 91.7 Å². The number of Topliss-reactive ketones (excluding diaryl/α,β-unsaturated/α-hetero) is 3. The number of ketones is 3. The van der Waals surface area contributed by atoms with Crippen molar-refractivity contribution in [2.45, 2.75) is 77.9 Å². The van der Waals surface area contributed by atoms with Crippen molar-refractivity contribution in [3.63, 3.8) is 0 Å². The molecule has 5 heteroatoms. The highest BCUT2D eigenvalue weighted by atomic mass is 16.3. The maximum atomic E-state index is 12.3. The molecule has 0 aromatic heterocycles. The van der Waals surface area contributed by atoms with Crippen molar-refractivity contribution in [2.75, 3.05) is 0 Å². The average Bonchev–Trinajstić information content (AvgIpc) is 2.85. The molecule has 0 saturated carbocycles. The summed E-state index contributed by atoms with van der Waals surface area (Å²) < 4.78 is 0. The molecule has 38 heavy (non-hydrogen) atoms. The summed E-state index contributed by atoms with van der Waals surface area (Å²) in [5.41, 5.74) is 0.369. The molecule has 2 N–H and O–H groups in total. The van der Waals surface area contributed by atoms with Crippen molar-refractivity contribution in [1.82, 2.24) is 0 Å². The quantitative estimate of drug-likeness (QED) is 0.233. The van der Waals surface area contributed by atoms with Gasteiger partial charge >= 0.3 is 0 Å². The maximum absolute atomic E-state index is 12.3. The van der Waals surface area contributed by atoms with Crippen LogP contribution in [0.15, 0.2) is 91.0 Å². The first-order valence-electron chi connectivity index (χ1n) is 13.1. The van der Waals surface area contributed by atoms with E-state index < -0.39 is 11.2 Å². The maximum Gasteiger partial charge on any atom is 0.170 e. The second-order valence-corrected chi connectivity index (χ2v) is 9.88. The molecule has 0 saturated heterocycles. The van der Waals surface area contributed by atoms with E-state index >= 15 is 0 Å². The van der Waals surface area contributed by atoms with E-state index in [1.807, 2.05) is 80.6 Å². The Morgan fingerprint density at radius 3 is 1.32 bits per heavy atom. The highest BCUT2D eigenvalue weighted by Crippen LogP contribution is 2.23. The van der Waals surface area contributed by atoms with Gasteiger partial charge in [0.2, 0.25) is 0 Å². The molecule has 0 spiro atoms. The zero-order chi connectivity index (χ0) is 28.6. The molecular formula is C33H42O5. The van der Waals surface area contributed by atoms with E-state index in [-0.39, 0.29) is 36.6 Å². The van der Waals surface area contributed by atoms with E-state index in [4.69, 9.17) is 0 Å². The number of aliphatic hydroxyl groups is 2. The van der Waals surface area contributed by atoms with Gasteiger partial charge in [-0.1, -0.05) is 105 Å². The normalized spacial score (nSPS) is 13.3. The Labute approximate surface area is 227 Å². The minimum atomic E-state index is -1.11. The predicted octanol–water partition coefficient (Wildman–Crippen LogP) is 6.20. The highest BCUT2D eigenvalue weighted by Gasteiger charge is 2.30. The lowest BCUT2D eigenvalue weighted by atomic mass is 9.85. The lowest BCUT2D eigenvalue weighted by molar-refractivity contribution is -0.127. The lowest BCUT2D eigenvalue weighted by Gasteiger charge is -2.26. The summed E-state index contributed by atoms with van der Waals surface area (Å²) in [4.78, 5) is 34.2. The largest absolute Gasteiger partial charge is 0.389 e. The second-order valence-electron chi connectivity index (χ2n) is 9.88. The Morgan fingerprint density at radius 2 is 0.974 bits per heavy atom. The van der Waals surface area contributed by atoms with Gasteiger partial charge in [0.15, 0.2) is 5.78 Å². The van der Waals surface area contributed by atoms with Gasteiger partial charge in [0.1, 0.15) is 11.6 Å². The molecule has 0 aliphatic rings. The first-order valence-corrected chi connectivity index (χ1v) is 13.1. The fraction of sp³-hybridized carbons (Fsp3) is 0.364. The third-order valence-corrected chi connectivity index (χ3v) is 5.52. The third-order valence-electron chi connectivity index (χ3n) is 5.52. The van der Waals surface area contributed by atoms with Crippen LogP contribution in [0.4, 0.5) is 0 Å². The molecular weight excluding hydrogens is 476 g/mol. The monoisotopic (exact) mass is 518 g/mol. The van der Waals surface area contributed by atoms with E-state index in [9.17, 15) is 24.6 Å². The first kappa shape index (κ1) is 32.6. The Balaban J connectivity index is 0.000000432. The summed E-state index contributed by atoms with van der Waals surface area (Å²) in [7, 11) is 0. The number of benzene rings is 3. The molecule has 3 aromatic carbocycles. The number of rotatable bonds is 11. The van der Waals surface area contributed by atoms with Crippen molar-refractivity contribution >= 4 is 17.3 Å². The molecule has 3 aromatic rings. The van der Waals surface area contributed by atoms with Crippen molar-refractivity contribution in [2.24, 2.45) is 0 Å². The molecule has 5 nitrogen and oxygen atoms in total. The van der Waals surface area contributed by atoms with Crippen LogP contribution < -0.4 is 0 Å². The molecule has 204 valence electrons. The number of carbonyl (C=O) groups is 3. The molecule has 3 rings (SSSR count). The van der Waals surface area contributed by atoms with Crippen LogP contribution in [0.3, 0.4) is 0 Å². The van der Waals surface area contributed by atoms with Crippen LogP contribution >= 0.6 is 0 Å². The van der Waals surface area contributed by atoms with Crippen LogP contribution in [0.5, 0.6) is 0 Å². The minimum absolute atomic E-state index is 0.00398. The molecule has 2 unspecified atom stereocenters. The van der Waals surface area contributed by atoms with Gasteiger partial charge in [0.25, 0.3) is 0 Å². The Hall–Kier alpha value is -3.41. The standard InChI is InChI=1S/C21H26O3.C10H10O2.C2H6/c1-20(23,13-17-9-5-3-6-10-17)15-19(22)16-21(2,24)14-18-11-7-4-8-12-18;1-8(11)7-10(12)9-5-3-2-4-6-9;1-2/h3-12,23-24H,13-16H2,1-2H3;2-6H,7H2,1H3;1-2H3. The van der Waals surface area contributed by atoms with Crippen molar-refractivity contribution in [3.05, 3.63) is 108 Å². The van der Waals surface area contributed by atoms with E-state index in [1.54, 1.807) is 38.1 Å². The molecule has 0 radical (unpaired) electrons. The van der Waals surface area contributed by atoms with Crippen LogP contribution in [0, 0.1) is 0 Å². The van der Waals surface area contributed by atoms with Crippen LogP contribution in [0.25, 0.3) is 0 Å². The summed E-state index contributed by atoms with van der Waals surface area (Å²) in [6.07, 6.45) is 0.907.